The molecule has 7 heteroatoms. The molecule has 0 bridgehead atoms. The van der Waals surface area contributed by atoms with Crippen molar-refractivity contribution in [2.24, 2.45) is 5.92 Å². The number of amides is 1. The molecule has 0 aliphatic carbocycles. The number of carbonyl (C=O) groups excluding carboxylic acids is 1. The smallest absolute Gasteiger partial charge is 0.228 e. The Balaban J connectivity index is 1.49. The van der Waals surface area contributed by atoms with Crippen molar-refractivity contribution in [2.75, 3.05) is 11.1 Å². The first-order valence-electron chi connectivity index (χ1n) is 12.3. The van der Waals surface area contributed by atoms with Gasteiger partial charge < -0.3 is 9.88 Å². The van der Waals surface area contributed by atoms with Crippen molar-refractivity contribution in [3.05, 3.63) is 77.9 Å². The summed E-state index contributed by atoms with van der Waals surface area (Å²) in [4.78, 5) is 17.8. The predicted octanol–water partition coefficient (Wildman–Crippen LogP) is 6.03. The molecule has 1 aromatic heterocycles. The molecular formula is C29H33N3O3S. The van der Waals surface area contributed by atoms with Crippen molar-refractivity contribution in [1.29, 1.82) is 0 Å². The molecule has 1 N–H and O–H groups in total. The first-order valence-corrected chi connectivity index (χ1v) is 14.0. The zero-order chi connectivity index (χ0) is 25.9. The maximum Gasteiger partial charge on any atom is 0.228 e. The number of rotatable bonds is 9. The minimum absolute atomic E-state index is 0.0521. The van der Waals surface area contributed by atoms with Gasteiger partial charge in [-0.25, -0.2) is 13.4 Å². The highest BCUT2D eigenvalue weighted by atomic mass is 32.2. The highest BCUT2D eigenvalue weighted by Gasteiger charge is 2.15. The third-order valence-electron chi connectivity index (χ3n) is 6.29. The monoisotopic (exact) mass is 503 g/mol. The van der Waals surface area contributed by atoms with Crippen LogP contribution in [0.1, 0.15) is 38.3 Å². The molecule has 4 rings (SSSR count). The molecule has 4 aromatic rings. The van der Waals surface area contributed by atoms with E-state index in [9.17, 15) is 13.2 Å². The number of sulfone groups is 1. The number of carbonyl (C=O) groups is 1. The van der Waals surface area contributed by atoms with Gasteiger partial charge in [-0.05, 0) is 78.9 Å². The van der Waals surface area contributed by atoms with Crippen LogP contribution in [-0.2, 0) is 27.6 Å². The molecule has 0 unspecified atom stereocenters. The van der Waals surface area contributed by atoms with Crippen LogP contribution in [0, 0.1) is 12.8 Å². The summed E-state index contributed by atoms with van der Waals surface area (Å²) in [7, 11) is -3.25. The van der Waals surface area contributed by atoms with E-state index in [1.54, 1.807) is 31.2 Å². The van der Waals surface area contributed by atoms with Gasteiger partial charge in [0.05, 0.1) is 28.1 Å². The minimum Gasteiger partial charge on any atom is -0.326 e. The summed E-state index contributed by atoms with van der Waals surface area (Å²) in [5.41, 5.74) is 5.79. The average molecular weight is 504 g/mol. The number of aromatic nitrogens is 2. The Labute approximate surface area is 213 Å². The Morgan fingerprint density at radius 1 is 1.00 bits per heavy atom. The average Bonchev–Trinajstić information content (AvgIpc) is 3.21. The van der Waals surface area contributed by atoms with E-state index >= 15 is 0 Å². The number of aryl methyl sites for hydroxylation is 2. The van der Waals surface area contributed by atoms with Crippen LogP contribution in [0.2, 0.25) is 0 Å². The van der Waals surface area contributed by atoms with Crippen LogP contribution in [0.25, 0.3) is 22.4 Å². The lowest BCUT2D eigenvalue weighted by atomic mass is 10.1. The number of anilines is 1. The SMILES string of the molecule is CCS(=O)(=O)c1ccc(CC(=O)Nc2ccc(-c3nc4ccc(C)cc4n3CCC(C)C)cc2)cc1. The van der Waals surface area contributed by atoms with Crippen LogP contribution in [0.5, 0.6) is 0 Å². The zero-order valence-corrected chi connectivity index (χ0v) is 22.1. The highest BCUT2D eigenvalue weighted by Crippen LogP contribution is 2.27. The van der Waals surface area contributed by atoms with E-state index in [0.717, 1.165) is 41.0 Å². The van der Waals surface area contributed by atoms with Crippen LogP contribution in [-0.4, -0.2) is 29.6 Å². The molecule has 6 nitrogen and oxygen atoms in total. The molecule has 0 saturated heterocycles. The van der Waals surface area contributed by atoms with Gasteiger partial charge in [-0.1, -0.05) is 39.0 Å². The van der Waals surface area contributed by atoms with E-state index in [1.165, 1.54) is 5.56 Å². The van der Waals surface area contributed by atoms with Crippen molar-refractivity contribution in [3.8, 4) is 11.4 Å². The quantitative estimate of drug-likeness (QED) is 0.302. The maximum atomic E-state index is 12.6. The molecule has 188 valence electrons. The van der Waals surface area contributed by atoms with Crippen LogP contribution < -0.4 is 5.32 Å². The second kappa shape index (κ2) is 10.7. The molecule has 36 heavy (non-hydrogen) atoms. The first-order chi connectivity index (χ1) is 17.2. The summed E-state index contributed by atoms with van der Waals surface area (Å²) >= 11 is 0. The lowest BCUT2D eigenvalue weighted by Crippen LogP contribution is -2.14. The fourth-order valence-electron chi connectivity index (χ4n) is 4.14. The number of nitrogens with one attached hydrogen (secondary N) is 1. The van der Waals surface area contributed by atoms with Crippen molar-refractivity contribution in [1.82, 2.24) is 9.55 Å². The largest absolute Gasteiger partial charge is 0.326 e. The van der Waals surface area contributed by atoms with E-state index in [0.29, 0.717) is 11.6 Å². The van der Waals surface area contributed by atoms with Gasteiger partial charge in [-0.2, -0.15) is 0 Å². The summed E-state index contributed by atoms with van der Waals surface area (Å²) in [5, 5.41) is 2.93. The number of fused-ring (bicyclic) bond motifs is 1. The molecule has 0 atom stereocenters. The van der Waals surface area contributed by atoms with E-state index < -0.39 is 9.84 Å². The summed E-state index contributed by atoms with van der Waals surface area (Å²) in [6.07, 6.45) is 1.23. The second-order valence-electron chi connectivity index (χ2n) is 9.61. The Morgan fingerprint density at radius 3 is 2.33 bits per heavy atom. The molecule has 1 heterocycles. The van der Waals surface area contributed by atoms with Gasteiger partial charge in [0.1, 0.15) is 5.82 Å². The van der Waals surface area contributed by atoms with Crippen molar-refractivity contribution >= 4 is 32.5 Å². The number of nitrogens with zero attached hydrogens (tertiary/aromatic N) is 2. The Hall–Kier alpha value is -3.45. The van der Waals surface area contributed by atoms with Gasteiger partial charge in [-0.3, -0.25) is 4.79 Å². The van der Waals surface area contributed by atoms with E-state index in [2.05, 4.69) is 48.9 Å². The Kier molecular flexibility index (Phi) is 7.59. The van der Waals surface area contributed by atoms with Crippen LogP contribution in [0.15, 0.2) is 71.6 Å². The van der Waals surface area contributed by atoms with Gasteiger partial charge in [0.15, 0.2) is 9.84 Å². The molecule has 0 spiro atoms. The van der Waals surface area contributed by atoms with Gasteiger partial charge in [-0.15, -0.1) is 0 Å². The van der Waals surface area contributed by atoms with Crippen LogP contribution in [0.3, 0.4) is 0 Å². The fraction of sp³-hybridized carbons (Fsp3) is 0.310. The van der Waals surface area contributed by atoms with E-state index in [4.69, 9.17) is 4.98 Å². The van der Waals surface area contributed by atoms with Crippen molar-refractivity contribution in [2.45, 2.75) is 52.0 Å². The lowest BCUT2D eigenvalue weighted by Gasteiger charge is -2.12. The number of hydrogen-bond donors (Lipinski definition) is 1. The molecule has 1 amide bonds. The predicted molar refractivity (Wildman–Crippen MR) is 146 cm³/mol. The van der Waals surface area contributed by atoms with E-state index in [1.807, 2.05) is 24.3 Å². The van der Waals surface area contributed by atoms with Crippen LogP contribution in [0.4, 0.5) is 5.69 Å². The third-order valence-corrected chi connectivity index (χ3v) is 8.04. The van der Waals surface area contributed by atoms with Gasteiger partial charge in [0.2, 0.25) is 5.91 Å². The first kappa shape index (κ1) is 25.6. The maximum absolute atomic E-state index is 12.6. The van der Waals surface area contributed by atoms with Crippen molar-refractivity contribution in [3.63, 3.8) is 0 Å². The third kappa shape index (κ3) is 5.85. The Bertz CT molecular complexity index is 1470. The number of hydrogen-bond acceptors (Lipinski definition) is 4. The molecule has 0 fully saturated rings. The lowest BCUT2D eigenvalue weighted by molar-refractivity contribution is -0.115. The number of benzene rings is 3. The summed E-state index contributed by atoms with van der Waals surface area (Å²) < 4.78 is 26.2. The fourth-order valence-corrected chi connectivity index (χ4v) is 5.03. The molecule has 0 radical (unpaired) electrons. The van der Waals surface area contributed by atoms with Gasteiger partial charge in [0.25, 0.3) is 0 Å². The van der Waals surface area contributed by atoms with E-state index in [-0.39, 0.29) is 23.0 Å². The van der Waals surface area contributed by atoms with Crippen molar-refractivity contribution < 1.29 is 13.2 Å². The minimum atomic E-state index is -3.25. The normalized spacial score (nSPS) is 11.8. The van der Waals surface area contributed by atoms with Gasteiger partial charge in [0, 0.05) is 17.8 Å². The molecule has 0 saturated carbocycles. The van der Waals surface area contributed by atoms with Crippen LogP contribution >= 0.6 is 0 Å². The second-order valence-corrected chi connectivity index (χ2v) is 11.9. The molecule has 3 aromatic carbocycles. The summed E-state index contributed by atoms with van der Waals surface area (Å²) in [5.74, 6) is 1.41. The highest BCUT2D eigenvalue weighted by molar-refractivity contribution is 7.91. The molecule has 0 aliphatic heterocycles. The molecule has 0 aliphatic rings. The summed E-state index contributed by atoms with van der Waals surface area (Å²) in [6.45, 7) is 9.05. The zero-order valence-electron chi connectivity index (χ0n) is 21.3. The molecular weight excluding hydrogens is 470 g/mol. The summed E-state index contributed by atoms with van der Waals surface area (Å²) in [6, 6.07) is 20.6. The number of imidazole rings is 1. The standard InChI is InChI=1S/C29H33N3O3S/c1-5-36(34,35)25-13-7-22(8-14-25)19-28(33)30-24-11-9-23(10-12-24)29-31-26-15-6-21(4)18-27(26)32(29)17-16-20(2)3/h6-15,18,20H,5,16-17,19H2,1-4H3,(H,30,33). The van der Waals surface area contributed by atoms with Gasteiger partial charge >= 0.3 is 0 Å². The topological polar surface area (TPSA) is 81.1 Å². The Morgan fingerprint density at radius 2 is 1.69 bits per heavy atom.